The standard InChI is InChI=1S/C34H26Cl2N2O4S/c1-23-11-18-28(19-12-23)43(41,42)38(22-24-13-15-26(35)16-14-24)32-10-6-5-9-29(32)34(40)37-31-20-17-27(36)21-30(31)33(39)25-7-3-2-4-8-25/h2-21H,22H2,1H3,(H,37,40). The van der Waals surface area contributed by atoms with E-state index in [1.54, 1.807) is 103 Å². The van der Waals surface area contributed by atoms with Crippen LogP contribution in [0.4, 0.5) is 11.4 Å². The topological polar surface area (TPSA) is 83.6 Å². The number of carbonyl (C=O) groups excluding carboxylic acids is 2. The molecule has 216 valence electrons. The number of sulfonamides is 1. The van der Waals surface area contributed by atoms with Crippen LogP contribution in [0.5, 0.6) is 0 Å². The average Bonchev–Trinajstić information content (AvgIpc) is 3.02. The Labute approximate surface area is 260 Å². The summed E-state index contributed by atoms with van der Waals surface area (Å²) < 4.78 is 29.4. The molecule has 0 heterocycles. The maximum atomic E-state index is 14.1. The number of amides is 1. The lowest BCUT2D eigenvalue weighted by Crippen LogP contribution is -2.32. The van der Waals surface area contributed by atoms with Gasteiger partial charge < -0.3 is 5.32 Å². The summed E-state index contributed by atoms with van der Waals surface area (Å²) in [7, 11) is -4.12. The number of ketones is 1. The minimum atomic E-state index is -4.12. The van der Waals surface area contributed by atoms with Gasteiger partial charge in [-0.05, 0) is 67.1 Å². The van der Waals surface area contributed by atoms with Crippen LogP contribution in [0.3, 0.4) is 0 Å². The molecule has 1 amide bonds. The summed E-state index contributed by atoms with van der Waals surface area (Å²) in [6, 6.07) is 33.0. The van der Waals surface area contributed by atoms with Crippen LogP contribution in [-0.2, 0) is 16.6 Å². The lowest BCUT2D eigenvalue weighted by molar-refractivity contribution is 0.102. The summed E-state index contributed by atoms with van der Waals surface area (Å²) in [6.45, 7) is 1.81. The number of aryl methyl sites for hydroxylation is 1. The van der Waals surface area contributed by atoms with Gasteiger partial charge in [0.2, 0.25) is 0 Å². The maximum absolute atomic E-state index is 14.1. The largest absolute Gasteiger partial charge is 0.321 e. The van der Waals surface area contributed by atoms with Gasteiger partial charge in [-0.1, -0.05) is 95.5 Å². The summed E-state index contributed by atoms with van der Waals surface area (Å²) in [5, 5.41) is 3.66. The SMILES string of the molecule is Cc1ccc(S(=O)(=O)N(Cc2ccc(Cl)cc2)c2ccccc2C(=O)Nc2ccc(Cl)cc2C(=O)c2ccccc2)cc1. The molecule has 5 aromatic rings. The molecule has 0 unspecified atom stereocenters. The zero-order valence-corrected chi connectivity index (χ0v) is 25.3. The minimum absolute atomic E-state index is 0.0592. The molecule has 5 rings (SSSR count). The molecule has 0 radical (unpaired) electrons. The lowest BCUT2D eigenvalue weighted by atomic mass is 10.0. The van der Waals surface area contributed by atoms with E-state index in [9.17, 15) is 18.0 Å². The van der Waals surface area contributed by atoms with E-state index in [4.69, 9.17) is 23.2 Å². The first-order valence-electron chi connectivity index (χ1n) is 13.3. The molecule has 9 heteroatoms. The highest BCUT2D eigenvalue weighted by Crippen LogP contribution is 2.31. The number of benzene rings is 5. The van der Waals surface area contributed by atoms with Crippen LogP contribution in [0.2, 0.25) is 10.0 Å². The zero-order valence-electron chi connectivity index (χ0n) is 23.0. The van der Waals surface area contributed by atoms with Gasteiger partial charge in [-0.2, -0.15) is 0 Å². The third-order valence-electron chi connectivity index (χ3n) is 6.78. The number of nitrogens with zero attached hydrogens (tertiary/aromatic N) is 1. The first kappa shape index (κ1) is 30.0. The number of rotatable bonds is 9. The molecule has 1 N–H and O–H groups in total. The van der Waals surface area contributed by atoms with Crippen LogP contribution in [0.25, 0.3) is 0 Å². The van der Waals surface area contributed by atoms with Crippen LogP contribution in [0, 0.1) is 6.92 Å². The summed E-state index contributed by atoms with van der Waals surface area (Å²) >= 11 is 12.3. The van der Waals surface area contributed by atoms with Crippen molar-refractivity contribution in [1.29, 1.82) is 0 Å². The number of anilines is 2. The smallest absolute Gasteiger partial charge is 0.264 e. The summed E-state index contributed by atoms with van der Waals surface area (Å²) in [5.41, 5.74) is 2.72. The lowest BCUT2D eigenvalue weighted by Gasteiger charge is -2.27. The Morgan fingerprint density at radius 1 is 0.721 bits per heavy atom. The molecule has 0 aromatic heterocycles. The molecule has 0 aliphatic rings. The molecule has 0 bridgehead atoms. The van der Waals surface area contributed by atoms with E-state index in [1.807, 2.05) is 6.92 Å². The summed E-state index contributed by atoms with van der Waals surface area (Å²) in [6.07, 6.45) is 0. The van der Waals surface area contributed by atoms with Gasteiger partial charge in [0.25, 0.3) is 15.9 Å². The van der Waals surface area contributed by atoms with Crippen molar-refractivity contribution in [3.05, 3.63) is 159 Å². The third kappa shape index (κ3) is 6.81. The van der Waals surface area contributed by atoms with Crippen LogP contribution in [0.15, 0.2) is 126 Å². The molecule has 0 atom stereocenters. The van der Waals surface area contributed by atoms with E-state index >= 15 is 0 Å². The van der Waals surface area contributed by atoms with Crippen LogP contribution in [0.1, 0.15) is 37.4 Å². The van der Waals surface area contributed by atoms with E-state index < -0.39 is 15.9 Å². The van der Waals surface area contributed by atoms with E-state index in [0.717, 1.165) is 5.56 Å². The molecular formula is C34H26Cl2N2O4S. The van der Waals surface area contributed by atoms with Crippen LogP contribution >= 0.6 is 23.2 Å². The van der Waals surface area contributed by atoms with Crippen molar-refractivity contribution in [2.75, 3.05) is 9.62 Å². The highest BCUT2D eigenvalue weighted by molar-refractivity contribution is 7.92. The van der Waals surface area contributed by atoms with Crippen molar-refractivity contribution in [1.82, 2.24) is 0 Å². The zero-order chi connectivity index (χ0) is 30.6. The van der Waals surface area contributed by atoms with Crippen molar-refractivity contribution >= 4 is 56.3 Å². The second-order valence-corrected chi connectivity index (χ2v) is 12.5. The molecule has 0 aliphatic heterocycles. The Morgan fingerprint density at radius 2 is 1.35 bits per heavy atom. The van der Waals surface area contributed by atoms with Crippen molar-refractivity contribution in [2.24, 2.45) is 0 Å². The Balaban J connectivity index is 1.56. The minimum Gasteiger partial charge on any atom is -0.321 e. The van der Waals surface area contributed by atoms with Gasteiger partial charge in [-0.25, -0.2) is 8.42 Å². The number of nitrogens with one attached hydrogen (secondary N) is 1. The Kier molecular flexibility index (Phi) is 8.97. The first-order chi connectivity index (χ1) is 20.6. The summed E-state index contributed by atoms with van der Waals surface area (Å²) in [4.78, 5) is 27.3. The van der Waals surface area contributed by atoms with Crippen LogP contribution in [-0.4, -0.2) is 20.1 Å². The number of hydrogen-bond donors (Lipinski definition) is 1. The van der Waals surface area contributed by atoms with Crippen molar-refractivity contribution in [3.8, 4) is 0 Å². The van der Waals surface area contributed by atoms with Gasteiger partial charge in [-0.3, -0.25) is 13.9 Å². The highest BCUT2D eigenvalue weighted by Gasteiger charge is 2.29. The predicted molar refractivity (Wildman–Crippen MR) is 172 cm³/mol. The first-order valence-corrected chi connectivity index (χ1v) is 15.5. The average molecular weight is 630 g/mol. The maximum Gasteiger partial charge on any atom is 0.264 e. The van der Waals surface area contributed by atoms with Crippen molar-refractivity contribution in [3.63, 3.8) is 0 Å². The van der Waals surface area contributed by atoms with Crippen LogP contribution < -0.4 is 9.62 Å². The molecule has 0 aliphatic carbocycles. The van der Waals surface area contributed by atoms with Gasteiger partial charge in [0.15, 0.2) is 5.78 Å². The predicted octanol–water partition coefficient (Wildman–Crippen LogP) is 8.18. The molecular weight excluding hydrogens is 603 g/mol. The normalized spacial score (nSPS) is 11.1. The Bertz CT molecular complexity index is 1890. The molecule has 43 heavy (non-hydrogen) atoms. The van der Waals surface area contributed by atoms with E-state index in [1.165, 1.54) is 22.5 Å². The fourth-order valence-corrected chi connectivity index (χ4v) is 6.29. The van der Waals surface area contributed by atoms with E-state index in [2.05, 4.69) is 5.32 Å². The Hall–Kier alpha value is -4.43. The molecule has 6 nitrogen and oxygen atoms in total. The van der Waals surface area contributed by atoms with Gasteiger partial charge in [0.05, 0.1) is 28.4 Å². The molecule has 0 saturated carbocycles. The molecule has 5 aromatic carbocycles. The van der Waals surface area contributed by atoms with E-state index in [0.29, 0.717) is 21.2 Å². The van der Waals surface area contributed by atoms with Gasteiger partial charge in [0, 0.05) is 21.2 Å². The second-order valence-electron chi connectivity index (χ2n) is 9.81. The fourth-order valence-electron chi connectivity index (χ4n) is 4.52. The van der Waals surface area contributed by atoms with E-state index in [-0.39, 0.29) is 39.7 Å². The number of carbonyl (C=O) groups is 2. The number of para-hydroxylation sites is 1. The molecule has 0 fully saturated rings. The quantitative estimate of drug-likeness (QED) is 0.167. The number of hydrogen-bond acceptors (Lipinski definition) is 4. The Morgan fingerprint density at radius 3 is 2.05 bits per heavy atom. The van der Waals surface area contributed by atoms with Crippen molar-refractivity contribution < 1.29 is 18.0 Å². The molecule has 0 spiro atoms. The van der Waals surface area contributed by atoms with Gasteiger partial charge >= 0.3 is 0 Å². The van der Waals surface area contributed by atoms with Crippen molar-refractivity contribution in [2.45, 2.75) is 18.4 Å². The highest BCUT2D eigenvalue weighted by atomic mass is 35.5. The van der Waals surface area contributed by atoms with Gasteiger partial charge in [0.1, 0.15) is 0 Å². The fraction of sp³-hybridized carbons (Fsp3) is 0.0588. The number of halogens is 2. The third-order valence-corrected chi connectivity index (χ3v) is 9.04. The second kappa shape index (κ2) is 12.8. The monoisotopic (exact) mass is 628 g/mol. The summed E-state index contributed by atoms with van der Waals surface area (Å²) in [5.74, 6) is -0.918. The molecule has 0 saturated heterocycles. The van der Waals surface area contributed by atoms with Gasteiger partial charge in [-0.15, -0.1) is 0 Å².